The van der Waals surface area contributed by atoms with Gasteiger partial charge < -0.3 is 24.1 Å². The molecule has 1 heterocycles. The van der Waals surface area contributed by atoms with Crippen LogP contribution in [0.25, 0.3) is 0 Å². The molecule has 0 aliphatic carbocycles. The van der Waals surface area contributed by atoms with Gasteiger partial charge in [0.05, 0.1) is 0 Å². The van der Waals surface area contributed by atoms with E-state index in [1.807, 2.05) is 0 Å². The highest BCUT2D eigenvalue weighted by molar-refractivity contribution is 5.68. The molecule has 0 aromatic heterocycles. The summed E-state index contributed by atoms with van der Waals surface area (Å²) in [5.74, 6) is -2.32. The third kappa shape index (κ3) is 4.64. The first kappa shape index (κ1) is 17.3. The second-order valence-corrected chi connectivity index (χ2v) is 4.44. The number of rotatable bonds is 4. The molecule has 21 heavy (non-hydrogen) atoms. The van der Waals surface area contributed by atoms with Gasteiger partial charge >= 0.3 is 17.9 Å². The molecule has 1 aliphatic heterocycles. The van der Waals surface area contributed by atoms with Crippen molar-refractivity contribution in [2.75, 3.05) is 6.67 Å². The van der Waals surface area contributed by atoms with E-state index in [1.54, 1.807) is 0 Å². The van der Waals surface area contributed by atoms with Crippen LogP contribution in [0, 0.1) is 0 Å². The van der Waals surface area contributed by atoms with Crippen molar-refractivity contribution < 1.29 is 42.8 Å². The molecule has 1 saturated heterocycles. The van der Waals surface area contributed by atoms with Crippen LogP contribution >= 0.6 is 0 Å². The summed E-state index contributed by atoms with van der Waals surface area (Å²) in [7, 11) is 0. The van der Waals surface area contributed by atoms with Crippen LogP contribution in [0.5, 0.6) is 0 Å². The molecular formula is C12H17FO8. The third-order valence-corrected chi connectivity index (χ3v) is 2.67. The number of alkyl halides is 1. The van der Waals surface area contributed by atoms with Crippen LogP contribution in [0.4, 0.5) is 4.39 Å². The molecule has 1 aliphatic rings. The number of esters is 3. The third-order valence-electron chi connectivity index (χ3n) is 2.67. The molecule has 1 unspecified atom stereocenters. The summed E-state index contributed by atoms with van der Waals surface area (Å²) >= 11 is 0. The van der Waals surface area contributed by atoms with Crippen LogP contribution in [-0.4, -0.2) is 60.4 Å². The number of halogens is 1. The van der Waals surface area contributed by atoms with E-state index in [4.69, 9.17) is 18.9 Å². The van der Waals surface area contributed by atoms with Crippen LogP contribution in [0.3, 0.4) is 0 Å². The van der Waals surface area contributed by atoms with Crippen molar-refractivity contribution in [2.24, 2.45) is 0 Å². The van der Waals surface area contributed by atoms with Crippen LogP contribution in [0.2, 0.25) is 0 Å². The number of hydrogen-bond acceptors (Lipinski definition) is 8. The average molecular weight is 308 g/mol. The molecule has 0 spiro atoms. The van der Waals surface area contributed by atoms with E-state index < -0.39 is 55.3 Å². The number of carbonyl (C=O) groups is 3. The second kappa shape index (κ2) is 7.32. The number of hydrogen-bond donors (Lipinski definition) is 1. The van der Waals surface area contributed by atoms with Gasteiger partial charge in [0.2, 0.25) is 0 Å². The fourth-order valence-corrected chi connectivity index (χ4v) is 2.00. The minimum atomic E-state index is -1.72. The molecule has 1 N–H and O–H groups in total. The molecule has 0 aromatic carbocycles. The van der Waals surface area contributed by atoms with E-state index in [0.29, 0.717) is 0 Å². The molecule has 8 nitrogen and oxygen atoms in total. The van der Waals surface area contributed by atoms with Crippen molar-refractivity contribution in [1.29, 1.82) is 0 Å². The van der Waals surface area contributed by atoms with Gasteiger partial charge in [-0.1, -0.05) is 0 Å². The molecular weight excluding hydrogens is 291 g/mol. The Hall–Kier alpha value is -1.74. The smallest absolute Gasteiger partial charge is 0.303 e. The Kier molecular flexibility index (Phi) is 6.03. The summed E-state index contributed by atoms with van der Waals surface area (Å²) in [5, 5.41) is 9.76. The highest BCUT2D eigenvalue weighted by Crippen LogP contribution is 2.28. The Morgan fingerprint density at radius 3 is 1.81 bits per heavy atom. The predicted molar refractivity (Wildman–Crippen MR) is 63.5 cm³/mol. The molecule has 9 heteroatoms. The summed E-state index contributed by atoms with van der Waals surface area (Å²) in [4.78, 5) is 33.3. The van der Waals surface area contributed by atoms with Crippen LogP contribution in [0.1, 0.15) is 20.8 Å². The summed E-state index contributed by atoms with van der Waals surface area (Å²) in [5.41, 5.74) is 0. The standard InChI is InChI=1S/C12H17FO8/c1-5(14)18-9-8(4-13)21-12(17)11(20-7(3)16)10(9)19-6(2)15/h8-12,17H,4H2,1-3H3/t8-,9-,10-,11+,12?/m1/s1. The van der Waals surface area contributed by atoms with Crippen molar-refractivity contribution >= 4 is 17.9 Å². The number of aliphatic hydroxyl groups excluding tert-OH is 1. The van der Waals surface area contributed by atoms with Gasteiger partial charge in [-0.3, -0.25) is 14.4 Å². The number of ether oxygens (including phenoxy) is 4. The number of carbonyl (C=O) groups excluding carboxylic acids is 3. The SMILES string of the molecule is CC(=O)O[C@@H]1[C@H](OC(C)=O)[C@@H](CF)OC(O)[C@H]1OC(C)=O. The van der Waals surface area contributed by atoms with E-state index in [2.05, 4.69) is 0 Å². The van der Waals surface area contributed by atoms with E-state index in [0.717, 1.165) is 20.8 Å². The van der Waals surface area contributed by atoms with Gasteiger partial charge in [0.1, 0.15) is 12.8 Å². The minimum absolute atomic E-state index is 0.767. The first-order chi connectivity index (χ1) is 9.76. The predicted octanol–water partition coefficient (Wildman–Crippen LogP) is -0.532. The Labute approximate surface area is 120 Å². The fourth-order valence-electron chi connectivity index (χ4n) is 2.00. The minimum Gasteiger partial charge on any atom is -0.456 e. The van der Waals surface area contributed by atoms with Crippen LogP contribution < -0.4 is 0 Å². The molecule has 1 rings (SSSR count). The summed E-state index contributed by atoms with van der Waals surface area (Å²) in [6.45, 7) is 2.12. The van der Waals surface area contributed by atoms with E-state index in [-0.39, 0.29) is 0 Å². The second-order valence-electron chi connectivity index (χ2n) is 4.44. The van der Waals surface area contributed by atoms with E-state index in [1.165, 1.54) is 0 Å². The van der Waals surface area contributed by atoms with E-state index in [9.17, 15) is 23.9 Å². The van der Waals surface area contributed by atoms with Crippen molar-refractivity contribution in [3.63, 3.8) is 0 Å². The number of aliphatic hydroxyl groups is 1. The van der Waals surface area contributed by atoms with Crippen molar-refractivity contribution in [1.82, 2.24) is 0 Å². The first-order valence-corrected chi connectivity index (χ1v) is 6.17. The monoisotopic (exact) mass is 308 g/mol. The lowest BCUT2D eigenvalue weighted by Crippen LogP contribution is -2.61. The largest absolute Gasteiger partial charge is 0.456 e. The molecule has 0 radical (unpaired) electrons. The Balaban J connectivity index is 3.08. The topological polar surface area (TPSA) is 108 Å². The zero-order chi connectivity index (χ0) is 16.2. The maximum atomic E-state index is 13.0. The van der Waals surface area contributed by atoms with Crippen LogP contribution in [0.15, 0.2) is 0 Å². The van der Waals surface area contributed by atoms with Crippen molar-refractivity contribution in [2.45, 2.75) is 51.5 Å². The van der Waals surface area contributed by atoms with E-state index >= 15 is 0 Å². The molecule has 0 saturated carbocycles. The van der Waals surface area contributed by atoms with Gasteiger partial charge in [0.25, 0.3) is 0 Å². The van der Waals surface area contributed by atoms with Crippen LogP contribution in [-0.2, 0) is 33.3 Å². The highest BCUT2D eigenvalue weighted by atomic mass is 19.1. The normalized spacial score (nSPS) is 32.1. The Morgan fingerprint density at radius 1 is 0.952 bits per heavy atom. The molecule has 1 fully saturated rings. The molecule has 0 amide bonds. The van der Waals surface area contributed by atoms with Gasteiger partial charge in [0.15, 0.2) is 24.6 Å². The maximum absolute atomic E-state index is 13.0. The molecule has 5 atom stereocenters. The van der Waals surface area contributed by atoms with Crippen molar-refractivity contribution in [3.05, 3.63) is 0 Å². The van der Waals surface area contributed by atoms with Gasteiger partial charge in [-0.15, -0.1) is 0 Å². The summed E-state index contributed by atoms with van der Waals surface area (Å²) in [6, 6.07) is 0. The first-order valence-electron chi connectivity index (χ1n) is 6.17. The van der Waals surface area contributed by atoms with Crippen molar-refractivity contribution in [3.8, 4) is 0 Å². The average Bonchev–Trinajstić information content (AvgIpc) is 2.35. The fraction of sp³-hybridized carbons (Fsp3) is 0.750. The highest BCUT2D eigenvalue weighted by Gasteiger charge is 2.51. The zero-order valence-electron chi connectivity index (χ0n) is 11.8. The molecule has 0 aromatic rings. The molecule has 0 bridgehead atoms. The van der Waals surface area contributed by atoms with Gasteiger partial charge in [-0.25, -0.2) is 4.39 Å². The quantitative estimate of drug-likeness (QED) is 0.545. The lowest BCUT2D eigenvalue weighted by Gasteiger charge is -2.42. The zero-order valence-corrected chi connectivity index (χ0v) is 11.8. The van der Waals surface area contributed by atoms with Gasteiger partial charge in [-0.2, -0.15) is 0 Å². The van der Waals surface area contributed by atoms with Gasteiger partial charge in [0, 0.05) is 20.8 Å². The summed E-state index contributed by atoms with van der Waals surface area (Å²) in [6.07, 6.45) is -7.21. The lowest BCUT2D eigenvalue weighted by atomic mass is 9.98. The molecule has 120 valence electrons. The lowest BCUT2D eigenvalue weighted by molar-refractivity contribution is -0.292. The maximum Gasteiger partial charge on any atom is 0.303 e. The Morgan fingerprint density at radius 2 is 1.38 bits per heavy atom. The Bertz CT molecular complexity index is 412. The summed E-state index contributed by atoms with van der Waals surface area (Å²) < 4.78 is 32.5. The van der Waals surface area contributed by atoms with Gasteiger partial charge in [-0.05, 0) is 0 Å².